The third kappa shape index (κ3) is 6.49. The SMILES string of the molecule is CC(=O)c1cc[c]cc1.[I][Zn][I]. The van der Waals surface area contributed by atoms with Gasteiger partial charge in [0.1, 0.15) is 0 Å². The van der Waals surface area contributed by atoms with Gasteiger partial charge < -0.3 is 0 Å². The van der Waals surface area contributed by atoms with Crippen molar-refractivity contribution in [3.8, 4) is 0 Å². The molecule has 1 aromatic carbocycles. The first-order valence-electron chi connectivity index (χ1n) is 3.31. The van der Waals surface area contributed by atoms with E-state index in [0.29, 0.717) is 0 Å². The minimum absolute atomic E-state index is 0.0650. The van der Waals surface area contributed by atoms with Crippen LogP contribution in [0.25, 0.3) is 0 Å². The first-order chi connectivity index (χ1) is 5.72. The number of hydrogen-bond acceptors (Lipinski definition) is 1. The molecule has 0 aliphatic rings. The van der Waals surface area contributed by atoms with Gasteiger partial charge >= 0.3 is 49.6 Å². The molecule has 1 radical (unpaired) electrons. The second-order valence-corrected chi connectivity index (χ2v) is 25.5. The Morgan fingerprint density at radius 2 is 1.83 bits per heavy atom. The quantitative estimate of drug-likeness (QED) is 0.373. The Morgan fingerprint density at radius 1 is 1.42 bits per heavy atom. The molecule has 0 saturated carbocycles. The molecule has 1 aromatic rings. The van der Waals surface area contributed by atoms with Gasteiger partial charge in [-0.1, -0.05) is 24.3 Å². The van der Waals surface area contributed by atoms with Crippen molar-refractivity contribution >= 4 is 45.3 Å². The molecule has 0 fully saturated rings. The summed E-state index contributed by atoms with van der Waals surface area (Å²) >= 11 is 4.93. The summed E-state index contributed by atoms with van der Waals surface area (Å²) in [5, 5.41) is 0. The van der Waals surface area contributed by atoms with Gasteiger partial charge in [0.2, 0.25) is 0 Å². The number of Topliss-reactive ketones (excluding diaryl/α,β-unsaturated/α-hetero) is 1. The summed E-state index contributed by atoms with van der Waals surface area (Å²) in [7, 11) is 0.0650. The zero-order valence-electron chi connectivity index (χ0n) is 6.68. The van der Waals surface area contributed by atoms with Crippen LogP contribution < -0.4 is 0 Å². The van der Waals surface area contributed by atoms with Gasteiger partial charge in [0.15, 0.2) is 5.78 Å². The molecule has 0 aromatic heterocycles. The van der Waals surface area contributed by atoms with E-state index in [1.165, 1.54) is 0 Å². The van der Waals surface area contributed by atoms with E-state index in [0.717, 1.165) is 5.56 Å². The predicted octanol–water partition coefficient (Wildman–Crippen LogP) is 3.46. The van der Waals surface area contributed by atoms with Crippen molar-refractivity contribution in [1.82, 2.24) is 0 Å². The molecule has 12 heavy (non-hydrogen) atoms. The van der Waals surface area contributed by atoms with Crippen molar-refractivity contribution in [1.29, 1.82) is 0 Å². The number of benzene rings is 1. The van der Waals surface area contributed by atoms with E-state index in [-0.39, 0.29) is 15.9 Å². The van der Waals surface area contributed by atoms with Crippen molar-refractivity contribution in [2.45, 2.75) is 6.92 Å². The molecule has 0 heterocycles. The molecular formula is C8H7I2OZn. The molecule has 1 nitrogen and oxygen atoms in total. The third-order valence-electron chi connectivity index (χ3n) is 1.12. The molecule has 0 unspecified atom stereocenters. The van der Waals surface area contributed by atoms with Gasteiger partial charge in [0.25, 0.3) is 0 Å². The molecule has 0 atom stereocenters. The van der Waals surface area contributed by atoms with Crippen molar-refractivity contribution in [3.63, 3.8) is 0 Å². The molecule has 4 heteroatoms. The Morgan fingerprint density at radius 3 is 2.08 bits per heavy atom. The molecule has 0 amide bonds. The van der Waals surface area contributed by atoms with Crippen LogP contribution in [0, 0.1) is 6.07 Å². The number of halogens is 2. The summed E-state index contributed by atoms with van der Waals surface area (Å²) in [6.45, 7) is 1.55. The van der Waals surface area contributed by atoms with E-state index in [1.807, 2.05) is 0 Å². The van der Waals surface area contributed by atoms with E-state index in [1.54, 1.807) is 31.2 Å². The summed E-state index contributed by atoms with van der Waals surface area (Å²) in [6.07, 6.45) is 0. The van der Waals surface area contributed by atoms with Crippen LogP contribution in [0.1, 0.15) is 17.3 Å². The van der Waals surface area contributed by atoms with Crippen LogP contribution in [0.3, 0.4) is 0 Å². The van der Waals surface area contributed by atoms with Crippen molar-refractivity contribution < 1.29 is 14.9 Å². The summed E-state index contributed by atoms with van der Waals surface area (Å²) in [5.41, 5.74) is 0.744. The molecule has 0 aliphatic carbocycles. The molecule has 0 N–H and O–H groups in total. The van der Waals surface area contributed by atoms with E-state index < -0.39 is 0 Å². The molecule has 0 aliphatic heterocycles. The van der Waals surface area contributed by atoms with Crippen LogP contribution in [0.4, 0.5) is 0 Å². The number of ketones is 1. The molecule has 61 valence electrons. The Balaban J connectivity index is 0.000000354. The number of hydrogen-bond donors (Lipinski definition) is 0. The summed E-state index contributed by atoms with van der Waals surface area (Å²) in [6, 6.07) is 9.81. The van der Waals surface area contributed by atoms with Crippen LogP contribution in [0.15, 0.2) is 24.3 Å². The fourth-order valence-corrected chi connectivity index (χ4v) is 0.622. The van der Waals surface area contributed by atoms with Gasteiger partial charge in [-0.15, -0.1) is 0 Å². The number of rotatable bonds is 1. The summed E-state index contributed by atoms with van der Waals surface area (Å²) in [4.78, 5) is 10.6. The Hall–Kier alpha value is 0.973. The fourth-order valence-electron chi connectivity index (χ4n) is 0.622. The van der Waals surface area contributed by atoms with Crippen LogP contribution in [0.2, 0.25) is 0 Å². The van der Waals surface area contributed by atoms with Gasteiger partial charge in [-0.05, 0) is 13.0 Å². The monoisotopic (exact) mass is 437 g/mol. The number of carbonyl (C=O) groups excluding carboxylic acids is 1. The Labute approximate surface area is 102 Å². The van der Waals surface area contributed by atoms with Crippen LogP contribution in [0.5, 0.6) is 0 Å². The maximum absolute atomic E-state index is 10.6. The van der Waals surface area contributed by atoms with E-state index in [4.69, 9.17) is 0 Å². The molecule has 1 rings (SSSR count). The topological polar surface area (TPSA) is 17.1 Å². The molecule has 0 bridgehead atoms. The Kier molecular flexibility index (Phi) is 9.26. The summed E-state index contributed by atoms with van der Waals surface area (Å²) < 4.78 is 0. The molecular weight excluding hydrogens is 431 g/mol. The minimum atomic E-state index is 0.0650. The maximum atomic E-state index is 10.6. The third-order valence-corrected chi connectivity index (χ3v) is 1.12. The van der Waals surface area contributed by atoms with Crippen molar-refractivity contribution in [2.75, 3.05) is 0 Å². The normalized spacial score (nSPS) is 7.58. The van der Waals surface area contributed by atoms with Gasteiger partial charge in [0, 0.05) is 5.56 Å². The predicted molar refractivity (Wildman–Crippen MR) is 63.3 cm³/mol. The van der Waals surface area contributed by atoms with Crippen LogP contribution in [-0.4, -0.2) is 5.78 Å². The van der Waals surface area contributed by atoms with Crippen molar-refractivity contribution in [3.05, 3.63) is 35.9 Å². The average molecular weight is 438 g/mol. The standard InChI is InChI=1S/C8H7O.2HI.Zn/c1-7(9)8-5-3-2-4-6-8;;;/h3-6H,1H3;2*1H;/q;;;+2/p-2. The second kappa shape index (κ2) is 8.57. The Bertz CT molecular complexity index is 226. The van der Waals surface area contributed by atoms with E-state index in [9.17, 15) is 4.79 Å². The van der Waals surface area contributed by atoms with Crippen molar-refractivity contribution in [2.24, 2.45) is 0 Å². The molecule has 0 saturated heterocycles. The van der Waals surface area contributed by atoms with Gasteiger partial charge in [-0.2, -0.15) is 0 Å². The first kappa shape index (κ1) is 13.0. The fraction of sp³-hybridized carbons (Fsp3) is 0.125. The summed E-state index contributed by atoms with van der Waals surface area (Å²) in [5.74, 6) is 0.101. The zero-order valence-corrected chi connectivity index (χ0v) is 14.0. The van der Waals surface area contributed by atoms with Gasteiger partial charge in [0.05, 0.1) is 0 Å². The van der Waals surface area contributed by atoms with Gasteiger partial charge in [-0.25, -0.2) is 0 Å². The van der Waals surface area contributed by atoms with E-state index >= 15 is 0 Å². The van der Waals surface area contributed by atoms with Crippen LogP contribution >= 0.6 is 39.5 Å². The first-order valence-corrected chi connectivity index (χ1v) is 21.4. The van der Waals surface area contributed by atoms with Crippen LogP contribution in [-0.2, 0) is 10.1 Å². The average Bonchev–Trinajstić information content (AvgIpc) is 2.07. The number of carbonyl (C=O) groups is 1. The van der Waals surface area contributed by atoms with Gasteiger partial charge in [-0.3, -0.25) is 4.79 Å². The zero-order chi connectivity index (χ0) is 9.40. The molecule has 0 spiro atoms. The van der Waals surface area contributed by atoms with E-state index in [2.05, 4.69) is 45.6 Å². The second-order valence-electron chi connectivity index (χ2n) is 1.95.